The summed E-state index contributed by atoms with van der Waals surface area (Å²) in [7, 11) is 0. The fraction of sp³-hybridized carbons (Fsp3) is 0.600. The molecule has 0 fully saturated rings. The average molecular weight is 612 g/mol. The molecule has 185 valence electrons. The van der Waals surface area contributed by atoms with Crippen molar-refractivity contribution in [3.63, 3.8) is 0 Å². The molecule has 0 aromatic carbocycles. The van der Waals surface area contributed by atoms with Crippen molar-refractivity contribution in [1.82, 2.24) is 0 Å². The Kier molecular flexibility index (Phi) is 56.3. The summed E-state index contributed by atoms with van der Waals surface area (Å²) in [5.41, 5.74) is 0. The molecule has 1 radical (unpaired) electrons. The Bertz CT molecular complexity index is 294. The molecular formula is C25H50O5Ta. The van der Waals surface area contributed by atoms with E-state index in [9.17, 15) is 0 Å². The first-order chi connectivity index (χ1) is 14.0. The van der Waals surface area contributed by atoms with E-state index in [4.69, 9.17) is 25.5 Å². The van der Waals surface area contributed by atoms with Crippen molar-refractivity contribution in [3.05, 3.63) is 63.3 Å². The predicted octanol–water partition coefficient (Wildman–Crippen LogP) is 4.71. The molecule has 0 heterocycles. The van der Waals surface area contributed by atoms with Crippen LogP contribution in [-0.4, -0.2) is 56.1 Å². The molecule has 0 saturated carbocycles. The third-order valence-corrected chi connectivity index (χ3v) is 3.45. The minimum Gasteiger partial charge on any atom is -0.389 e. The third-order valence-electron chi connectivity index (χ3n) is 3.45. The van der Waals surface area contributed by atoms with E-state index in [-0.39, 0.29) is 52.9 Å². The van der Waals surface area contributed by atoms with Crippen molar-refractivity contribution < 1.29 is 47.9 Å². The van der Waals surface area contributed by atoms with Gasteiger partial charge in [-0.3, -0.25) is 0 Å². The summed E-state index contributed by atoms with van der Waals surface area (Å²) in [6.45, 7) is 26.5. The molecule has 5 nitrogen and oxygen atoms in total. The molecule has 0 aromatic rings. The zero-order valence-electron chi connectivity index (χ0n) is 20.5. The standard InChI is InChI=1S/5C5H10O.Ta/c5*1-3-5(6)4-2;/h5*3,5-6H,1,4H2,2H3;. The van der Waals surface area contributed by atoms with Gasteiger partial charge in [-0.15, -0.1) is 32.9 Å². The van der Waals surface area contributed by atoms with E-state index >= 15 is 0 Å². The van der Waals surface area contributed by atoms with Gasteiger partial charge in [0.15, 0.2) is 0 Å². The van der Waals surface area contributed by atoms with Crippen molar-refractivity contribution in [3.8, 4) is 0 Å². The zero-order chi connectivity index (χ0) is 25.0. The van der Waals surface area contributed by atoms with Gasteiger partial charge < -0.3 is 25.5 Å². The molecule has 31 heavy (non-hydrogen) atoms. The normalized spacial score (nSPS) is 13.2. The van der Waals surface area contributed by atoms with E-state index in [1.54, 1.807) is 0 Å². The third kappa shape index (κ3) is 58.6. The number of aliphatic hydroxyl groups excluding tert-OH is 5. The van der Waals surface area contributed by atoms with E-state index in [1.807, 2.05) is 34.6 Å². The number of hydrogen-bond donors (Lipinski definition) is 5. The second-order valence-electron chi connectivity index (χ2n) is 6.06. The summed E-state index contributed by atoms with van der Waals surface area (Å²) in [6.07, 6.45) is 9.97. The molecule has 0 rings (SSSR count). The molecule has 0 aromatic heterocycles. The molecule has 5 atom stereocenters. The maximum Gasteiger partial charge on any atom is 0.0715 e. The summed E-state index contributed by atoms with van der Waals surface area (Å²) in [4.78, 5) is 0. The zero-order valence-corrected chi connectivity index (χ0v) is 23.7. The molecule has 0 aliphatic carbocycles. The van der Waals surface area contributed by atoms with Gasteiger partial charge in [0.2, 0.25) is 0 Å². The second-order valence-corrected chi connectivity index (χ2v) is 6.06. The van der Waals surface area contributed by atoms with Crippen molar-refractivity contribution in [1.29, 1.82) is 0 Å². The summed E-state index contributed by atoms with van der Waals surface area (Å²) < 4.78 is 0. The summed E-state index contributed by atoms with van der Waals surface area (Å²) in [5.74, 6) is 0. The SMILES string of the molecule is C=CC(O)CC.C=CC(O)CC.C=CC(O)CC.C=CC(O)CC.C=CC(O)CC.[Ta]. The molecule has 0 aliphatic rings. The van der Waals surface area contributed by atoms with Crippen LogP contribution in [0.5, 0.6) is 0 Å². The molecule has 0 bridgehead atoms. The Morgan fingerprint density at radius 1 is 0.419 bits per heavy atom. The van der Waals surface area contributed by atoms with Gasteiger partial charge in [-0.05, 0) is 32.1 Å². The quantitative estimate of drug-likeness (QED) is 0.231. The molecule has 0 saturated heterocycles. The molecule has 0 amide bonds. The largest absolute Gasteiger partial charge is 0.389 e. The first-order valence-corrected chi connectivity index (χ1v) is 10.6. The maximum atomic E-state index is 8.55. The van der Waals surface area contributed by atoms with Gasteiger partial charge in [0.05, 0.1) is 30.5 Å². The van der Waals surface area contributed by atoms with Crippen molar-refractivity contribution in [2.24, 2.45) is 0 Å². The molecular weight excluding hydrogens is 561 g/mol. The van der Waals surface area contributed by atoms with Gasteiger partial charge in [-0.25, -0.2) is 0 Å². The fourth-order valence-electron chi connectivity index (χ4n) is 0.833. The number of hydrogen-bond acceptors (Lipinski definition) is 5. The van der Waals surface area contributed by atoms with E-state index in [2.05, 4.69) is 32.9 Å². The van der Waals surface area contributed by atoms with Crippen molar-refractivity contribution >= 4 is 0 Å². The molecule has 0 aliphatic heterocycles. The summed E-state index contributed by atoms with van der Waals surface area (Å²) in [5, 5.41) is 42.7. The van der Waals surface area contributed by atoms with Crippen molar-refractivity contribution in [2.45, 2.75) is 97.2 Å². The monoisotopic (exact) mass is 611 g/mol. The maximum absolute atomic E-state index is 8.55. The van der Waals surface area contributed by atoms with E-state index in [0.717, 1.165) is 32.1 Å². The van der Waals surface area contributed by atoms with Gasteiger partial charge >= 0.3 is 0 Å². The van der Waals surface area contributed by atoms with Crippen LogP contribution in [0.4, 0.5) is 0 Å². The Morgan fingerprint density at radius 3 is 0.516 bits per heavy atom. The summed E-state index contributed by atoms with van der Waals surface area (Å²) in [6, 6.07) is 0. The fourth-order valence-corrected chi connectivity index (χ4v) is 0.833. The van der Waals surface area contributed by atoms with Crippen LogP contribution in [0, 0.1) is 0 Å². The summed E-state index contributed by atoms with van der Waals surface area (Å²) >= 11 is 0. The minimum absolute atomic E-state index is 0. The first kappa shape index (κ1) is 44.0. The van der Waals surface area contributed by atoms with E-state index in [1.165, 1.54) is 30.4 Å². The molecule has 0 spiro atoms. The Hall–Kier alpha value is -0.760. The van der Waals surface area contributed by atoms with Crippen LogP contribution < -0.4 is 0 Å². The topological polar surface area (TPSA) is 101 Å². The molecule has 6 heteroatoms. The van der Waals surface area contributed by atoms with Crippen LogP contribution in [0.15, 0.2) is 63.3 Å². The van der Waals surface area contributed by atoms with Gasteiger partial charge in [0, 0.05) is 22.4 Å². The van der Waals surface area contributed by atoms with Crippen LogP contribution in [0.2, 0.25) is 0 Å². The molecule has 5 unspecified atom stereocenters. The Morgan fingerprint density at radius 2 is 0.516 bits per heavy atom. The predicted molar refractivity (Wildman–Crippen MR) is 132 cm³/mol. The van der Waals surface area contributed by atoms with Crippen LogP contribution in [0.25, 0.3) is 0 Å². The first-order valence-electron chi connectivity index (χ1n) is 10.6. The van der Waals surface area contributed by atoms with Crippen LogP contribution in [0.3, 0.4) is 0 Å². The average Bonchev–Trinajstić information content (AvgIpc) is 2.82. The van der Waals surface area contributed by atoms with E-state index < -0.39 is 0 Å². The van der Waals surface area contributed by atoms with Gasteiger partial charge in [0.25, 0.3) is 0 Å². The van der Waals surface area contributed by atoms with Gasteiger partial charge in [-0.2, -0.15) is 0 Å². The van der Waals surface area contributed by atoms with Crippen LogP contribution in [0.1, 0.15) is 66.7 Å². The smallest absolute Gasteiger partial charge is 0.0715 e. The second kappa shape index (κ2) is 39.7. The minimum atomic E-state index is -0.301. The molecule has 5 N–H and O–H groups in total. The Balaban J connectivity index is -0.0000000625. The number of rotatable bonds is 10. The number of aliphatic hydroxyl groups is 5. The van der Waals surface area contributed by atoms with Crippen molar-refractivity contribution in [2.75, 3.05) is 0 Å². The van der Waals surface area contributed by atoms with Gasteiger partial charge in [0.1, 0.15) is 0 Å². The van der Waals surface area contributed by atoms with Gasteiger partial charge in [-0.1, -0.05) is 65.0 Å². The van der Waals surface area contributed by atoms with Crippen LogP contribution in [-0.2, 0) is 22.4 Å². The van der Waals surface area contributed by atoms with E-state index in [0.29, 0.717) is 0 Å². The van der Waals surface area contributed by atoms with Crippen LogP contribution >= 0.6 is 0 Å². The Labute approximate surface area is 208 Å².